The summed E-state index contributed by atoms with van der Waals surface area (Å²) in [5.74, 6) is 0.671. The highest BCUT2D eigenvalue weighted by atomic mass is 16.4. The number of anilines is 1. The van der Waals surface area contributed by atoms with Crippen molar-refractivity contribution < 1.29 is 14.7 Å². The zero-order valence-corrected chi connectivity index (χ0v) is 23.0. The van der Waals surface area contributed by atoms with Crippen molar-refractivity contribution in [2.75, 3.05) is 31.5 Å². The van der Waals surface area contributed by atoms with Crippen LogP contribution in [0.15, 0.2) is 36.5 Å². The van der Waals surface area contributed by atoms with Gasteiger partial charge in [0.05, 0.1) is 17.3 Å². The van der Waals surface area contributed by atoms with Crippen LogP contribution < -0.4 is 10.6 Å². The van der Waals surface area contributed by atoms with Gasteiger partial charge in [0, 0.05) is 37.3 Å². The van der Waals surface area contributed by atoms with E-state index in [0.717, 1.165) is 74.3 Å². The Hall–Kier alpha value is -3.46. The summed E-state index contributed by atoms with van der Waals surface area (Å²) in [6.07, 6.45) is 7.48. The lowest BCUT2D eigenvalue weighted by Gasteiger charge is -2.20. The molecule has 0 radical (unpaired) electrons. The van der Waals surface area contributed by atoms with E-state index in [1.165, 1.54) is 12.0 Å². The monoisotopic (exact) mass is 532 g/mol. The van der Waals surface area contributed by atoms with E-state index in [4.69, 9.17) is 4.98 Å². The highest BCUT2D eigenvalue weighted by Crippen LogP contribution is 2.25. The summed E-state index contributed by atoms with van der Waals surface area (Å²) < 4.78 is 1.90. The number of likely N-dealkylation sites (tertiary alicyclic amines) is 1. The number of carbonyl (C=O) groups is 2. The summed E-state index contributed by atoms with van der Waals surface area (Å²) >= 11 is 0. The molecule has 208 valence electrons. The predicted molar refractivity (Wildman–Crippen MR) is 152 cm³/mol. The normalized spacial score (nSPS) is 18.2. The first kappa shape index (κ1) is 27.1. The van der Waals surface area contributed by atoms with E-state index in [9.17, 15) is 14.7 Å². The Morgan fingerprint density at radius 2 is 2.10 bits per heavy atom. The molecular weight excluding hydrogens is 492 g/mol. The summed E-state index contributed by atoms with van der Waals surface area (Å²) in [5.41, 5.74) is 3.80. The van der Waals surface area contributed by atoms with E-state index >= 15 is 0 Å². The first-order valence-corrected chi connectivity index (χ1v) is 14.3. The van der Waals surface area contributed by atoms with Crippen molar-refractivity contribution in [3.05, 3.63) is 53.3 Å². The van der Waals surface area contributed by atoms with E-state index in [-0.39, 0.29) is 5.91 Å². The average Bonchev–Trinajstić information content (AvgIpc) is 3.56. The molecule has 3 N–H and O–H groups in total. The fraction of sp³-hybridized carbons (Fsp3) is 0.533. The van der Waals surface area contributed by atoms with Gasteiger partial charge >= 0.3 is 5.97 Å². The number of aryl methyl sites for hydroxylation is 2. The summed E-state index contributed by atoms with van der Waals surface area (Å²) in [6, 6.07) is 8.93. The van der Waals surface area contributed by atoms with E-state index in [2.05, 4.69) is 46.6 Å². The highest BCUT2D eigenvalue weighted by Gasteiger charge is 2.27. The fourth-order valence-corrected chi connectivity index (χ4v) is 5.81. The Labute approximate surface area is 230 Å². The number of carbonyl (C=O) groups excluding carboxylic acids is 1. The lowest BCUT2D eigenvalue weighted by atomic mass is 10.00. The van der Waals surface area contributed by atoms with Crippen LogP contribution in [-0.2, 0) is 24.2 Å². The van der Waals surface area contributed by atoms with Gasteiger partial charge in [-0.2, -0.15) is 5.10 Å². The van der Waals surface area contributed by atoms with Crippen LogP contribution in [0.5, 0.6) is 0 Å². The van der Waals surface area contributed by atoms with Crippen LogP contribution in [0.3, 0.4) is 0 Å². The van der Waals surface area contributed by atoms with Gasteiger partial charge in [-0.1, -0.05) is 26.0 Å². The number of fused-ring (bicyclic) bond motifs is 2. The molecule has 1 saturated heterocycles. The van der Waals surface area contributed by atoms with Gasteiger partial charge in [-0.3, -0.25) is 9.48 Å². The third kappa shape index (κ3) is 6.58. The molecule has 2 atom stereocenters. The molecule has 1 amide bonds. The molecule has 1 aromatic carbocycles. The molecule has 0 saturated carbocycles. The smallest absolute Gasteiger partial charge is 0.326 e. The van der Waals surface area contributed by atoms with Gasteiger partial charge in [-0.05, 0) is 80.7 Å². The Bertz CT molecular complexity index is 1320. The second kappa shape index (κ2) is 12.2. The minimum absolute atomic E-state index is 0.369. The van der Waals surface area contributed by atoms with Crippen molar-refractivity contribution in [3.63, 3.8) is 0 Å². The molecule has 9 nitrogen and oxygen atoms in total. The van der Waals surface area contributed by atoms with Gasteiger partial charge in [0.1, 0.15) is 11.9 Å². The molecule has 1 unspecified atom stereocenters. The molecule has 0 bridgehead atoms. The average molecular weight is 533 g/mol. The van der Waals surface area contributed by atoms with Crippen LogP contribution in [-0.4, -0.2) is 68.9 Å². The number of benzene rings is 1. The van der Waals surface area contributed by atoms with E-state index < -0.39 is 12.0 Å². The number of nitrogens with zero attached hydrogens (tertiary/aromatic N) is 4. The zero-order valence-electron chi connectivity index (χ0n) is 23.0. The van der Waals surface area contributed by atoms with Gasteiger partial charge < -0.3 is 20.6 Å². The number of hydrogen-bond acceptors (Lipinski definition) is 6. The van der Waals surface area contributed by atoms with Crippen molar-refractivity contribution in [1.29, 1.82) is 0 Å². The standard InChI is InChI=1S/C30H40N6O3/c1-20(2)18-36-27-7-3-6-24(25(27)17-32-36)29(37)34-26(30(38)39)13-16-35-15-12-21(19-35)8-10-23-11-9-22-5-4-14-31-28(22)33-23/h3,6-7,9,11,17,20-21,26H,4-5,8,10,12-16,18-19H2,1-2H3,(H,31,33)(H,34,37)(H,38,39)/t21-,26?/m1/s1. The molecule has 9 heteroatoms. The largest absolute Gasteiger partial charge is 0.480 e. The molecule has 2 aliphatic rings. The number of carboxylic acid groups (broad SMARTS) is 1. The number of nitrogens with one attached hydrogen (secondary N) is 2. The van der Waals surface area contributed by atoms with Crippen LogP contribution in [0.4, 0.5) is 5.82 Å². The number of hydrogen-bond donors (Lipinski definition) is 3. The van der Waals surface area contributed by atoms with Gasteiger partial charge in [-0.25, -0.2) is 9.78 Å². The molecule has 1 fully saturated rings. The maximum absolute atomic E-state index is 13.1. The SMILES string of the molecule is CC(C)Cn1ncc2c(C(=O)NC(CCN3CC[C@@H](CCc4ccc5c(n4)NCCC5)C3)C(=O)O)cccc21. The Morgan fingerprint density at radius 3 is 2.92 bits per heavy atom. The minimum Gasteiger partial charge on any atom is -0.480 e. The molecule has 0 spiro atoms. The van der Waals surface area contributed by atoms with Crippen molar-refractivity contribution in [2.45, 2.75) is 65.0 Å². The number of aliphatic carboxylic acids is 1. The third-order valence-corrected chi connectivity index (χ3v) is 7.94. The fourth-order valence-electron chi connectivity index (χ4n) is 5.81. The molecule has 39 heavy (non-hydrogen) atoms. The lowest BCUT2D eigenvalue weighted by molar-refractivity contribution is -0.139. The maximum atomic E-state index is 13.1. The maximum Gasteiger partial charge on any atom is 0.326 e. The Balaban J connectivity index is 1.12. The van der Waals surface area contributed by atoms with Crippen molar-refractivity contribution in [2.24, 2.45) is 11.8 Å². The van der Waals surface area contributed by atoms with Crippen LogP contribution in [0.25, 0.3) is 10.9 Å². The summed E-state index contributed by atoms with van der Waals surface area (Å²) in [5, 5.41) is 21.2. The van der Waals surface area contributed by atoms with Crippen molar-refractivity contribution in [3.8, 4) is 0 Å². The summed E-state index contributed by atoms with van der Waals surface area (Å²) in [4.78, 5) is 32.3. The molecule has 2 aliphatic heterocycles. The Morgan fingerprint density at radius 1 is 1.23 bits per heavy atom. The van der Waals surface area contributed by atoms with Gasteiger partial charge in [0.2, 0.25) is 0 Å². The molecule has 5 rings (SSSR count). The van der Waals surface area contributed by atoms with Crippen LogP contribution in [0.1, 0.15) is 61.1 Å². The van der Waals surface area contributed by atoms with Gasteiger partial charge in [0.25, 0.3) is 5.91 Å². The topological polar surface area (TPSA) is 112 Å². The first-order chi connectivity index (χ1) is 18.9. The zero-order chi connectivity index (χ0) is 27.4. The van der Waals surface area contributed by atoms with Crippen LogP contribution >= 0.6 is 0 Å². The molecule has 4 heterocycles. The third-order valence-electron chi connectivity index (χ3n) is 7.94. The van der Waals surface area contributed by atoms with Crippen LogP contribution in [0.2, 0.25) is 0 Å². The first-order valence-electron chi connectivity index (χ1n) is 14.3. The second-order valence-corrected chi connectivity index (χ2v) is 11.4. The second-order valence-electron chi connectivity index (χ2n) is 11.4. The molecule has 2 aromatic heterocycles. The predicted octanol–water partition coefficient (Wildman–Crippen LogP) is 3.97. The Kier molecular flexibility index (Phi) is 8.45. The van der Waals surface area contributed by atoms with E-state index in [1.807, 2.05) is 16.8 Å². The number of rotatable bonds is 11. The van der Waals surface area contributed by atoms with Gasteiger partial charge in [0.15, 0.2) is 0 Å². The molecule has 0 aliphatic carbocycles. The summed E-state index contributed by atoms with van der Waals surface area (Å²) in [6.45, 7) is 8.55. The quantitative estimate of drug-likeness (QED) is 0.343. The number of carboxylic acids is 1. The lowest BCUT2D eigenvalue weighted by Crippen LogP contribution is -2.43. The molecular formula is C30H40N6O3. The van der Waals surface area contributed by atoms with Crippen molar-refractivity contribution >= 4 is 28.6 Å². The van der Waals surface area contributed by atoms with E-state index in [1.54, 1.807) is 12.3 Å². The minimum atomic E-state index is -1.01. The van der Waals surface area contributed by atoms with E-state index in [0.29, 0.717) is 30.4 Å². The van der Waals surface area contributed by atoms with Gasteiger partial charge in [-0.15, -0.1) is 0 Å². The number of amides is 1. The number of aromatic nitrogens is 3. The highest BCUT2D eigenvalue weighted by molar-refractivity contribution is 6.07. The number of pyridine rings is 1. The van der Waals surface area contributed by atoms with Crippen molar-refractivity contribution in [1.82, 2.24) is 25.0 Å². The molecule has 3 aromatic rings. The summed E-state index contributed by atoms with van der Waals surface area (Å²) in [7, 11) is 0. The van der Waals surface area contributed by atoms with Crippen LogP contribution in [0, 0.1) is 11.8 Å².